The number of aliphatic carboxylic acids is 1. The van der Waals surface area contributed by atoms with Crippen LogP contribution in [0.4, 0.5) is 0 Å². The highest BCUT2D eigenvalue weighted by Gasteiger charge is 2.43. The van der Waals surface area contributed by atoms with Crippen molar-refractivity contribution in [3.63, 3.8) is 0 Å². The lowest BCUT2D eigenvalue weighted by molar-refractivity contribution is -0.156. The van der Waals surface area contributed by atoms with Gasteiger partial charge in [-0.2, -0.15) is 0 Å². The van der Waals surface area contributed by atoms with Crippen LogP contribution in [0.2, 0.25) is 0 Å². The van der Waals surface area contributed by atoms with Crippen molar-refractivity contribution in [1.29, 1.82) is 0 Å². The number of Topliss-reactive ketones (excluding diaryl/α,β-unsaturated/α-hetero) is 1. The molecule has 5 heteroatoms. The maximum atomic E-state index is 11.5. The average Bonchev–Trinajstić information content (AvgIpc) is 2.40. The number of ketones is 1. The number of carboxylic acids is 1. The van der Waals surface area contributed by atoms with Crippen LogP contribution in [0.25, 0.3) is 0 Å². The molecule has 0 aromatic heterocycles. The molecule has 0 saturated carbocycles. The Bertz CT molecular complexity index is 294. The van der Waals surface area contributed by atoms with Crippen molar-refractivity contribution in [2.75, 3.05) is 0 Å². The van der Waals surface area contributed by atoms with Crippen LogP contribution in [0.5, 0.6) is 0 Å². The van der Waals surface area contributed by atoms with Crippen molar-refractivity contribution in [3.05, 3.63) is 12.7 Å². The van der Waals surface area contributed by atoms with Gasteiger partial charge in [-0.05, 0) is 13.8 Å². The van der Waals surface area contributed by atoms with Crippen LogP contribution >= 0.6 is 0 Å². The topological polar surface area (TPSA) is 72.8 Å². The highest BCUT2D eigenvalue weighted by atomic mass is 16.8. The maximum absolute atomic E-state index is 11.5. The summed E-state index contributed by atoms with van der Waals surface area (Å²) in [5.41, 5.74) is 0. The number of hydrogen-bond acceptors (Lipinski definition) is 4. The molecule has 1 fully saturated rings. The van der Waals surface area contributed by atoms with Gasteiger partial charge in [-0.1, -0.05) is 6.08 Å². The largest absolute Gasteiger partial charge is 0.481 e. The van der Waals surface area contributed by atoms with E-state index in [0.717, 1.165) is 0 Å². The van der Waals surface area contributed by atoms with E-state index in [-0.39, 0.29) is 0 Å². The van der Waals surface area contributed by atoms with E-state index in [0.29, 0.717) is 0 Å². The van der Waals surface area contributed by atoms with Crippen molar-refractivity contribution >= 4 is 11.8 Å². The van der Waals surface area contributed by atoms with Gasteiger partial charge >= 0.3 is 5.97 Å². The summed E-state index contributed by atoms with van der Waals surface area (Å²) in [7, 11) is 0. The lowest BCUT2D eigenvalue weighted by Crippen LogP contribution is -2.31. The highest BCUT2D eigenvalue weighted by molar-refractivity contribution is 5.97. The summed E-state index contributed by atoms with van der Waals surface area (Å²) in [6.07, 6.45) is -0.561. The molecule has 15 heavy (non-hydrogen) atoms. The van der Waals surface area contributed by atoms with E-state index in [4.69, 9.17) is 14.6 Å². The minimum absolute atomic E-state index is 0.502. The molecule has 0 bridgehead atoms. The van der Waals surface area contributed by atoms with Gasteiger partial charge in [0.25, 0.3) is 0 Å². The first-order chi connectivity index (χ1) is 6.85. The minimum Gasteiger partial charge on any atom is -0.481 e. The van der Waals surface area contributed by atoms with Crippen molar-refractivity contribution < 1.29 is 24.2 Å². The van der Waals surface area contributed by atoms with Crippen molar-refractivity contribution in [2.45, 2.75) is 38.3 Å². The third kappa shape index (κ3) is 2.87. The second kappa shape index (κ2) is 4.12. The van der Waals surface area contributed by atoms with Crippen LogP contribution in [0, 0.1) is 0 Å². The predicted octanol–water partition coefficient (Wildman–Crippen LogP) is 0.736. The fraction of sp³-hybridized carbons (Fsp3) is 0.600. The van der Waals surface area contributed by atoms with Gasteiger partial charge in [-0.3, -0.25) is 9.59 Å². The van der Waals surface area contributed by atoms with Gasteiger partial charge in [0.2, 0.25) is 0 Å². The maximum Gasteiger partial charge on any atom is 0.310 e. The van der Waals surface area contributed by atoms with E-state index in [1.807, 2.05) is 0 Å². The number of carboxylic acid groups (broad SMARTS) is 1. The summed E-state index contributed by atoms with van der Waals surface area (Å²) in [6.45, 7) is 6.84. The van der Waals surface area contributed by atoms with Crippen LogP contribution < -0.4 is 0 Å². The van der Waals surface area contributed by atoms with Gasteiger partial charge in [0.15, 0.2) is 11.6 Å². The Kier molecular flexibility index (Phi) is 3.26. The highest BCUT2D eigenvalue weighted by Crippen LogP contribution is 2.29. The Balaban J connectivity index is 2.72. The monoisotopic (exact) mass is 214 g/mol. The fourth-order valence-corrected chi connectivity index (χ4v) is 1.46. The second-order valence-corrected chi connectivity index (χ2v) is 3.79. The summed E-state index contributed by atoms with van der Waals surface area (Å²) < 4.78 is 10.7. The molecule has 5 nitrogen and oxygen atoms in total. The van der Waals surface area contributed by atoms with Crippen molar-refractivity contribution in [2.24, 2.45) is 0 Å². The predicted molar refractivity (Wildman–Crippen MR) is 51.3 cm³/mol. The molecule has 1 rings (SSSR count). The number of hydrogen-bond donors (Lipinski definition) is 1. The van der Waals surface area contributed by atoms with E-state index in [2.05, 4.69) is 6.58 Å². The first-order valence-corrected chi connectivity index (χ1v) is 4.58. The van der Waals surface area contributed by atoms with E-state index in [1.54, 1.807) is 13.8 Å². The molecular formula is C10H14O5. The number of ether oxygens (including phenoxy) is 2. The van der Waals surface area contributed by atoms with Gasteiger partial charge in [-0.15, -0.1) is 6.58 Å². The average molecular weight is 214 g/mol. The van der Waals surface area contributed by atoms with Crippen molar-refractivity contribution in [3.8, 4) is 0 Å². The Morgan fingerprint density at radius 2 is 2.07 bits per heavy atom. The number of rotatable bonds is 4. The molecule has 2 atom stereocenters. The van der Waals surface area contributed by atoms with Crippen LogP contribution in [0.1, 0.15) is 20.3 Å². The molecule has 84 valence electrons. The zero-order valence-electron chi connectivity index (χ0n) is 8.73. The van der Waals surface area contributed by atoms with E-state index < -0.39 is 36.2 Å². The summed E-state index contributed by atoms with van der Waals surface area (Å²) in [6, 6.07) is 0. The molecule has 0 radical (unpaired) electrons. The molecule has 1 aliphatic rings. The third-order valence-corrected chi connectivity index (χ3v) is 2.00. The second-order valence-electron chi connectivity index (χ2n) is 3.79. The Labute approximate surface area is 87.7 Å². The minimum atomic E-state index is -1.17. The molecule has 0 aromatic carbocycles. The van der Waals surface area contributed by atoms with Gasteiger partial charge in [0, 0.05) is 0 Å². The molecule has 0 aromatic rings. The summed E-state index contributed by atoms with van der Waals surface area (Å²) >= 11 is 0. The zero-order valence-corrected chi connectivity index (χ0v) is 8.73. The smallest absolute Gasteiger partial charge is 0.310 e. The first kappa shape index (κ1) is 11.9. The number of carbonyl (C=O) groups is 2. The Morgan fingerprint density at radius 1 is 1.47 bits per heavy atom. The quantitative estimate of drug-likeness (QED) is 0.552. The Morgan fingerprint density at radius 3 is 2.53 bits per heavy atom. The molecule has 0 aliphatic carbocycles. The molecule has 0 amide bonds. The van der Waals surface area contributed by atoms with Crippen LogP contribution in [-0.4, -0.2) is 34.9 Å². The van der Waals surface area contributed by atoms with Gasteiger partial charge < -0.3 is 14.6 Å². The molecule has 0 spiro atoms. The normalized spacial score (nSPS) is 28.7. The van der Waals surface area contributed by atoms with Crippen LogP contribution in [-0.2, 0) is 19.1 Å². The van der Waals surface area contributed by atoms with Crippen LogP contribution in [0.3, 0.4) is 0 Å². The number of carbonyl (C=O) groups excluding carboxylic acids is 1. The van der Waals surface area contributed by atoms with Gasteiger partial charge in [0.05, 0.1) is 0 Å². The lowest BCUT2D eigenvalue weighted by Gasteiger charge is -2.15. The first-order valence-electron chi connectivity index (χ1n) is 4.58. The van der Waals surface area contributed by atoms with E-state index in [1.165, 1.54) is 6.08 Å². The van der Waals surface area contributed by atoms with Gasteiger partial charge in [-0.25, -0.2) is 0 Å². The SMILES string of the molecule is C=C[C@@H]1OC(C)(C)O[C@@H]1C(=O)CC(=O)O. The lowest BCUT2D eigenvalue weighted by atomic mass is 10.1. The zero-order chi connectivity index (χ0) is 11.6. The molecule has 1 heterocycles. The van der Waals surface area contributed by atoms with E-state index in [9.17, 15) is 9.59 Å². The molecule has 1 aliphatic heterocycles. The molecule has 1 N–H and O–H groups in total. The summed E-state index contributed by atoms with van der Waals surface area (Å²) in [5, 5.41) is 8.49. The Hall–Kier alpha value is -1.20. The summed E-state index contributed by atoms with van der Waals surface area (Å²) in [5.74, 6) is -2.55. The van der Waals surface area contributed by atoms with Crippen molar-refractivity contribution in [1.82, 2.24) is 0 Å². The van der Waals surface area contributed by atoms with Crippen LogP contribution in [0.15, 0.2) is 12.7 Å². The molecule has 1 saturated heterocycles. The van der Waals surface area contributed by atoms with E-state index >= 15 is 0 Å². The third-order valence-electron chi connectivity index (χ3n) is 2.00. The molecular weight excluding hydrogens is 200 g/mol. The van der Waals surface area contributed by atoms with Gasteiger partial charge in [0.1, 0.15) is 18.6 Å². The standard InChI is InChI=1S/C10H14O5/c1-4-7-9(6(11)5-8(12)13)15-10(2,3)14-7/h4,7,9H,1,5H2,2-3H3,(H,12,13)/t7-,9+/m0/s1. The molecule has 0 unspecified atom stereocenters. The summed E-state index contributed by atoms with van der Waals surface area (Å²) in [4.78, 5) is 21.9. The fourth-order valence-electron chi connectivity index (χ4n) is 1.46.